The molecule has 12 nitrogen and oxygen atoms in total. The molecule has 0 aliphatic carbocycles. The highest BCUT2D eigenvalue weighted by Gasteiger charge is 2.66. The van der Waals surface area contributed by atoms with E-state index in [-0.39, 0.29) is 49.1 Å². The molecule has 2 amide bonds. The Morgan fingerprint density at radius 1 is 0.929 bits per heavy atom. The summed E-state index contributed by atoms with van der Waals surface area (Å²) in [5.41, 5.74) is 3.28. The number of carbonyl (C=O) groups is 2. The van der Waals surface area contributed by atoms with Crippen molar-refractivity contribution in [3.05, 3.63) is 114 Å². The maximum absolute atomic E-state index is 15.4. The molecule has 3 aliphatic rings. The number of para-hydroxylation sites is 2. The standard InChI is InChI=1S/C43H47N5O7Si/c1-28-41(56(4,5)34-16-13-32(52-2)14-17-34)39(19-21-46-26-30(20-22-49)44-45-46)55-43(28)35-24-33(53-3)15-18-36(35)47(42(43)51)25-29-9-8-10-31(23-29)48-37-11-6-7-12-38(37)54-27-40(48)50/h6-18,23-24,26,28,39,41,49H,19-22,25,27H2,1-5H3/t28-,39+,41-,43+/m0/s1. The van der Waals surface area contributed by atoms with Crippen LogP contribution < -0.4 is 29.2 Å². The van der Waals surface area contributed by atoms with Gasteiger partial charge in [0.15, 0.2) is 12.2 Å². The lowest BCUT2D eigenvalue weighted by molar-refractivity contribution is -0.146. The maximum Gasteiger partial charge on any atom is 0.269 e. The minimum Gasteiger partial charge on any atom is -0.497 e. The van der Waals surface area contributed by atoms with Gasteiger partial charge in [0.1, 0.15) is 17.2 Å². The number of amides is 2. The molecule has 1 fully saturated rings. The Hall–Kier alpha value is -5.50. The first-order valence-electron chi connectivity index (χ1n) is 19.1. The van der Waals surface area contributed by atoms with E-state index in [4.69, 9.17) is 18.9 Å². The zero-order chi connectivity index (χ0) is 39.2. The Bertz CT molecular complexity index is 2260. The summed E-state index contributed by atoms with van der Waals surface area (Å²) in [7, 11) is 0.912. The van der Waals surface area contributed by atoms with Crippen LogP contribution in [0.4, 0.5) is 17.1 Å². The first kappa shape index (κ1) is 37.4. The summed E-state index contributed by atoms with van der Waals surface area (Å²) in [6, 6.07) is 29.4. The van der Waals surface area contributed by atoms with Crippen LogP contribution in [-0.4, -0.2) is 73.5 Å². The molecule has 13 heteroatoms. The number of rotatable bonds is 12. The molecule has 0 unspecified atom stereocenters. The number of fused-ring (bicyclic) bond motifs is 3. The summed E-state index contributed by atoms with van der Waals surface area (Å²) in [5.74, 6) is 1.58. The summed E-state index contributed by atoms with van der Waals surface area (Å²) in [5, 5.41) is 19.3. The van der Waals surface area contributed by atoms with Crippen LogP contribution in [0.3, 0.4) is 0 Å². The van der Waals surface area contributed by atoms with Gasteiger partial charge in [0.2, 0.25) is 0 Å². The predicted molar refractivity (Wildman–Crippen MR) is 215 cm³/mol. The molecule has 3 aliphatic heterocycles. The highest BCUT2D eigenvalue weighted by Crippen LogP contribution is 2.60. The van der Waals surface area contributed by atoms with Gasteiger partial charge >= 0.3 is 0 Å². The average Bonchev–Trinajstić information content (AvgIpc) is 3.86. The number of carbonyl (C=O) groups excluding carboxylic acids is 2. The lowest BCUT2D eigenvalue weighted by atomic mass is 9.82. The SMILES string of the molecule is COc1ccc([Si](C)(C)[C@@H]2[C@@H](CCn3cc(CCO)nn3)O[C@]3(C(=O)N(Cc4cccc(N5C(=O)COc6ccccc65)c4)c4ccc(OC)cc43)[C@H]2C)cc1. The van der Waals surface area contributed by atoms with Gasteiger partial charge in [-0.3, -0.25) is 19.2 Å². The molecule has 5 aromatic rings. The molecule has 290 valence electrons. The lowest BCUT2D eigenvalue weighted by Gasteiger charge is -2.37. The molecule has 0 radical (unpaired) electrons. The summed E-state index contributed by atoms with van der Waals surface area (Å²) in [4.78, 5) is 32.2. The molecule has 1 N–H and O–H groups in total. The van der Waals surface area contributed by atoms with Gasteiger partial charge in [-0.2, -0.15) is 0 Å². The molecule has 0 bridgehead atoms. The smallest absolute Gasteiger partial charge is 0.269 e. The zero-order valence-corrected chi connectivity index (χ0v) is 33.3. The first-order valence-corrected chi connectivity index (χ1v) is 22.1. The van der Waals surface area contributed by atoms with E-state index >= 15 is 4.79 Å². The lowest BCUT2D eigenvalue weighted by Crippen LogP contribution is -2.51. The van der Waals surface area contributed by atoms with Gasteiger partial charge in [-0.25, -0.2) is 0 Å². The molecular weight excluding hydrogens is 727 g/mol. The number of benzene rings is 4. The van der Waals surface area contributed by atoms with E-state index in [0.29, 0.717) is 42.3 Å². The number of aliphatic hydroxyl groups is 1. The number of ether oxygens (including phenoxy) is 4. The van der Waals surface area contributed by atoms with Gasteiger partial charge < -0.3 is 29.0 Å². The molecule has 56 heavy (non-hydrogen) atoms. The van der Waals surface area contributed by atoms with Crippen LogP contribution in [0.2, 0.25) is 18.6 Å². The number of anilines is 3. The van der Waals surface area contributed by atoms with Gasteiger partial charge in [-0.15, -0.1) is 5.10 Å². The van der Waals surface area contributed by atoms with Crippen molar-refractivity contribution in [2.24, 2.45) is 5.92 Å². The fourth-order valence-corrected chi connectivity index (χ4v) is 13.2. The summed E-state index contributed by atoms with van der Waals surface area (Å²) >= 11 is 0. The number of hydrogen-bond acceptors (Lipinski definition) is 9. The van der Waals surface area contributed by atoms with Crippen LogP contribution in [0.25, 0.3) is 0 Å². The zero-order valence-electron chi connectivity index (χ0n) is 32.3. The Kier molecular flexibility index (Phi) is 9.93. The molecule has 1 saturated heterocycles. The number of aromatic nitrogens is 3. The minimum atomic E-state index is -2.39. The average molecular weight is 774 g/mol. The Labute approximate surface area is 327 Å². The Morgan fingerprint density at radius 3 is 2.46 bits per heavy atom. The molecule has 4 atom stereocenters. The third kappa shape index (κ3) is 6.33. The summed E-state index contributed by atoms with van der Waals surface area (Å²) in [6.45, 7) is 7.64. The van der Waals surface area contributed by atoms with Crippen LogP contribution in [-0.2, 0) is 39.4 Å². The number of methoxy groups -OCH3 is 2. The second-order valence-corrected chi connectivity index (χ2v) is 20.0. The topological polar surface area (TPSA) is 128 Å². The quantitative estimate of drug-likeness (QED) is 0.158. The highest BCUT2D eigenvalue weighted by atomic mass is 28.3. The van der Waals surface area contributed by atoms with Crippen molar-refractivity contribution in [1.29, 1.82) is 0 Å². The van der Waals surface area contributed by atoms with Crippen LogP contribution in [0, 0.1) is 5.92 Å². The Balaban J connectivity index is 1.17. The van der Waals surface area contributed by atoms with Crippen molar-refractivity contribution in [3.8, 4) is 17.2 Å². The molecular formula is C43H47N5O7Si. The first-order chi connectivity index (χ1) is 27.1. The number of hydrogen-bond donors (Lipinski definition) is 1. The van der Waals surface area contributed by atoms with Crippen molar-refractivity contribution in [2.45, 2.75) is 63.2 Å². The van der Waals surface area contributed by atoms with Gasteiger partial charge in [0, 0.05) is 42.9 Å². The molecule has 4 heterocycles. The number of aryl methyl sites for hydroxylation is 1. The molecule has 8 rings (SSSR count). The summed E-state index contributed by atoms with van der Waals surface area (Å²) < 4.78 is 26.1. The van der Waals surface area contributed by atoms with Crippen molar-refractivity contribution < 1.29 is 33.6 Å². The monoisotopic (exact) mass is 773 g/mol. The van der Waals surface area contributed by atoms with Crippen LogP contribution in [0.15, 0.2) is 97.2 Å². The van der Waals surface area contributed by atoms with E-state index in [0.717, 1.165) is 28.3 Å². The fraction of sp³-hybridized carbons (Fsp3) is 0.349. The molecule has 1 spiro atoms. The van der Waals surface area contributed by atoms with Gasteiger partial charge in [-0.1, -0.05) is 66.8 Å². The van der Waals surface area contributed by atoms with Gasteiger partial charge in [0.25, 0.3) is 11.8 Å². The van der Waals surface area contributed by atoms with Crippen LogP contribution >= 0.6 is 0 Å². The van der Waals surface area contributed by atoms with Crippen molar-refractivity contribution in [1.82, 2.24) is 15.0 Å². The number of aliphatic hydroxyl groups excluding tert-OH is 1. The van der Waals surface area contributed by atoms with E-state index in [2.05, 4.69) is 42.5 Å². The Morgan fingerprint density at radius 2 is 1.70 bits per heavy atom. The fourth-order valence-electron chi connectivity index (χ4n) is 9.14. The maximum atomic E-state index is 15.4. The number of nitrogens with zero attached hydrogens (tertiary/aromatic N) is 5. The molecule has 1 aromatic heterocycles. The van der Waals surface area contributed by atoms with E-state index in [1.807, 2.05) is 90.0 Å². The summed E-state index contributed by atoms with van der Waals surface area (Å²) in [6.07, 6.45) is 2.61. The largest absolute Gasteiger partial charge is 0.497 e. The highest BCUT2D eigenvalue weighted by molar-refractivity contribution is 6.91. The van der Waals surface area contributed by atoms with Gasteiger partial charge in [-0.05, 0) is 72.1 Å². The second-order valence-electron chi connectivity index (χ2n) is 15.3. The van der Waals surface area contributed by atoms with E-state index in [1.165, 1.54) is 5.19 Å². The normalized spacial score (nSPS) is 21.6. The third-order valence-corrected chi connectivity index (χ3v) is 16.2. The molecule has 0 saturated carbocycles. The third-order valence-electron chi connectivity index (χ3n) is 11.9. The van der Waals surface area contributed by atoms with Crippen molar-refractivity contribution in [3.63, 3.8) is 0 Å². The van der Waals surface area contributed by atoms with E-state index in [1.54, 1.807) is 23.8 Å². The molecule has 4 aromatic carbocycles. The minimum absolute atomic E-state index is 0.000731. The second kappa shape index (κ2) is 14.9. The van der Waals surface area contributed by atoms with Crippen molar-refractivity contribution in [2.75, 3.05) is 37.2 Å². The van der Waals surface area contributed by atoms with E-state index in [9.17, 15) is 9.90 Å². The van der Waals surface area contributed by atoms with E-state index < -0.39 is 13.7 Å². The predicted octanol–water partition coefficient (Wildman–Crippen LogP) is 5.74. The van der Waals surface area contributed by atoms with Gasteiger partial charge in [0.05, 0.1) is 52.0 Å². The van der Waals surface area contributed by atoms with Crippen molar-refractivity contribution >= 4 is 42.1 Å². The van der Waals surface area contributed by atoms with Crippen LogP contribution in [0.5, 0.6) is 17.2 Å². The van der Waals surface area contributed by atoms with Crippen LogP contribution in [0.1, 0.15) is 30.2 Å².